The number of ether oxygens (including phenoxy) is 1. The van der Waals surface area contributed by atoms with E-state index in [1.807, 2.05) is 35.1 Å². The van der Waals surface area contributed by atoms with Gasteiger partial charge in [-0.25, -0.2) is 4.68 Å². The SMILES string of the molecule is Brc1ccc(-n2cc(OC3CCCN3)cn2)cc1. The zero-order chi connectivity index (χ0) is 12.4. The molecule has 0 amide bonds. The van der Waals surface area contributed by atoms with Gasteiger partial charge in [0.15, 0.2) is 5.75 Å². The molecule has 4 nitrogen and oxygen atoms in total. The summed E-state index contributed by atoms with van der Waals surface area (Å²) in [7, 11) is 0. The van der Waals surface area contributed by atoms with Crippen molar-refractivity contribution in [3.8, 4) is 11.4 Å². The first-order chi connectivity index (χ1) is 8.81. The first kappa shape index (κ1) is 11.7. The smallest absolute Gasteiger partial charge is 0.160 e. The van der Waals surface area contributed by atoms with Crippen LogP contribution in [0.25, 0.3) is 5.69 Å². The summed E-state index contributed by atoms with van der Waals surface area (Å²) in [5.41, 5.74) is 1.02. The molecule has 1 atom stereocenters. The van der Waals surface area contributed by atoms with Crippen molar-refractivity contribution < 1.29 is 4.74 Å². The maximum atomic E-state index is 5.80. The normalized spacial score (nSPS) is 19.1. The zero-order valence-corrected chi connectivity index (χ0v) is 11.4. The van der Waals surface area contributed by atoms with E-state index in [9.17, 15) is 0 Å². The molecule has 1 fully saturated rings. The lowest BCUT2D eigenvalue weighted by Gasteiger charge is -2.10. The molecule has 1 aromatic heterocycles. The Hall–Kier alpha value is -1.33. The summed E-state index contributed by atoms with van der Waals surface area (Å²) in [5, 5.41) is 7.60. The predicted octanol–water partition coefficient (Wildman–Crippen LogP) is 2.72. The summed E-state index contributed by atoms with van der Waals surface area (Å²) < 4.78 is 8.67. The van der Waals surface area contributed by atoms with Crippen LogP contribution in [0.4, 0.5) is 0 Å². The lowest BCUT2D eigenvalue weighted by molar-refractivity contribution is 0.187. The third kappa shape index (κ3) is 2.57. The van der Waals surface area contributed by atoms with Crippen LogP contribution in [-0.2, 0) is 0 Å². The average Bonchev–Trinajstić information content (AvgIpc) is 3.02. The van der Waals surface area contributed by atoms with Crippen molar-refractivity contribution in [2.75, 3.05) is 6.54 Å². The zero-order valence-electron chi connectivity index (χ0n) is 9.84. The Morgan fingerprint density at radius 3 is 2.89 bits per heavy atom. The molecule has 0 spiro atoms. The molecule has 2 aromatic rings. The number of benzene rings is 1. The number of nitrogens with one attached hydrogen (secondary N) is 1. The Kier molecular flexibility index (Phi) is 3.34. The number of rotatable bonds is 3. The summed E-state index contributed by atoms with van der Waals surface area (Å²) in [5.74, 6) is 0.803. The van der Waals surface area contributed by atoms with Crippen molar-refractivity contribution in [2.24, 2.45) is 0 Å². The monoisotopic (exact) mass is 307 g/mol. The van der Waals surface area contributed by atoms with Crippen LogP contribution in [0.1, 0.15) is 12.8 Å². The molecule has 1 aliphatic rings. The summed E-state index contributed by atoms with van der Waals surface area (Å²) in [6.07, 6.45) is 6.02. The van der Waals surface area contributed by atoms with Crippen LogP contribution in [0.15, 0.2) is 41.1 Å². The standard InChI is InChI=1S/C13H14BrN3O/c14-10-3-5-11(6-4-10)17-9-12(8-16-17)18-13-2-1-7-15-13/h3-6,8-9,13,15H,1-2,7H2. The van der Waals surface area contributed by atoms with Crippen LogP contribution in [0.5, 0.6) is 5.75 Å². The molecule has 5 heteroatoms. The number of hydrogen-bond acceptors (Lipinski definition) is 3. The van der Waals surface area contributed by atoms with Gasteiger partial charge >= 0.3 is 0 Å². The highest BCUT2D eigenvalue weighted by Crippen LogP contribution is 2.18. The summed E-state index contributed by atoms with van der Waals surface area (Å²) in [6.45, 7) is 1.03. The third-order valence-electron chi connectivity index (χ3n) is 2.94. The molecule has 94 valence electrons. The van der Waals surface area contributed by atoms with Gasteiger partial charge in [0.25, 0.3) is 0 Å². The highest BCUT2D eigenvalue weighted by Gasteiger charge is 2.16. The number of nitrogens with zero attached hydrogens (tertiary/aromatic N) is 2. The molecule has 18 heavy (non-hydrogen) atoms. The summed E-state index contributed by atoms with van der Waals surface area (Å²) in [6, 6.07) is 8.01. The van der Waals surface area contributed by atoms with Crippen LogP contribution >= 0.6 is 15.9 Å². The van der Waals surface area contributed by atoms with Gasteiger partial charge in [-0.15, -0.1) is 0 Å². The van der Waals surface area contributed by atoms with E-state index in [1.54, 1.807) is 6.20 Å². The molecule has 1 unspecified atom stereocenters. The minimum Gasteiger partial charge on any atom is -0.472 e. The molecule has 1 aliphatic heterocycles. The molecule has 0 radical (unpaired) electrons. The molecule has 1 N–H and O–H groups in total. The predicted molar refractivity (Wildman–Crippen MR) is 72.9 cm³/mol. The fraction of sp³-hybridized carbons (Fsp3) is 0.308. The van der Waals surface area contributed by atoms with Gasteiger partial charge in [0.05, 0.1) is 18.1 Å². The van der Waals surface area contributed by atoms with Crippen molar-refractivity contribution in [2.45, 2.75) is 19.1 Å². The van der Waals surface area contributed by atoms with Crippen LogP contribution in [0.2, 0.25) is 0 Å². The van der Waals surface area contributed by atoms with Crippen LogP contribution in [0, 0.1) is 0 Å². The minimum atomic E-state index is 0.132. The van der Waals surface area contributed by atoms with E-state index in [0.717, 1.165) is 28.9 Å². The van der Waals surface area contributed by atoms with Crippen LogP contribution in [0.3, 0.4) is 0 Å². The largest absolute Gasteiger partial charge is 0.472 e. The molecular formula is C13H14BrN3O. The Bertz CT molecular complexity index is 517. The lowest BCUT2D eigenvalue weighted by Crippen LogP contribution is -2.27. The molecule has 0 aliphatic carbocycles. The fourth-order valence-corrected chi connectivity index (χ4v) is 2.28. The maximum absolute atomic E-state index is 5.80. The third-order valence-corrected chi connectivity index (χ3v) is 3.47. The number of hydrogen-bond donors (Lipinski definition) is 1. The van der Waals surface area contributed by atoms with Crippen LogP contribution < -0.4 is 10.1 Å². The van der Waals surface area contributed by atoms with Gasteiger partial charge in [-0.1, -0.05) is 15.9 Å². The van der Waals surface area contributed by atoms with E-state index in [-0.39, 0.29) is 6.23 Å². The van der Waals surface area contributed by atoms with Gasteiger partial charge in [-0.3, -0.25) is 5.32 Å². The second-order valence-corrected chi connectivity index (χ2v) is 5.22. The highest BCUT2D eigenvalue weighted by molar-refractivity contribution is 9.10. The van der Waals surface area contributed by atoms with Crippen molar-refractivity contribution in [1.29, 1.82) is 0 Å². The number of halogens is 1. The Morgan fingerprint density at radius 1 is 1.33 bits per heavy atom. The minimum absolute atomic E-state index is 0.132. The van der Waals surface area contributed by atoms with E-state index in [4.69, 9.17) is 4.74 Å². The van der Waals surface area contributed by atoms with Crippen molar-refractivity contribution in [1.82, 2.24) is 15.1 Å². The van der Waals surface area contributed by atoms with Crippen molar-refractivity contribution in [3.63, 3.8) is 0 Å². The van der Waals surface area contributed by atoms with Crippen molar-refractivity contribution in [3.05, 3.63) is 41.1 Å². The van der Waals surface area contributed by atoms with E-state index < -0.39 is 0 Å². The molecular weight excluding hydrogens is 294 g/mol. The Balaban J connectivity index is 1.74. The van der Waals surface area contributed by atoms with Gasteiger partial charge < -0.3 is 4.74 Å². The van der Waals surface area contributed by atoms with E-state index in [1.165, 1.54) is 6.42 Å². The topological polar surface area (TPSA) is 39.1 Å². The summed E-state index contributed by atoms with van der Waals surface area (Å²) in [4.78, 5) is 0. The molecule has 3 rings (SSSR count). The van der Waals surface area contributed by atoms with E-state index in [2.05, 4.69) is 26.3 Å². The first-order valence-corrected chi connectivity index (χ1v) is 6.81. The average molecular weight is 308 g/mol. The molecule has 0 bridgehead atoms. The maximum Gasteiger partial charge on any atom is 0.160 e. The Morgan fingerprint density at radius 2 is 2.17 bits per heavy atom. The van der Waals surface area contributed by atoms with Gasteiger partial charge in [-0.05, 0) is 43.7 Å². The second-order valence-electron chi connectivity index (χ2n) is 4.30. The second kappa shape index (κ2) is 5.12. The van der Waals surface area contributed by atoms with Crippen LogP contribution in [-0.4, -0.2) is 22.6 Å². The first-order valence-electron chi connectivity index (χ1n) is 6.02. The van der Waals surface area contributed by atoms with E-state index in [0.29, 0.717) is 0 Å². The van der Waals surface area contributed by atoms with Gasteiger partial charge in [0, 0.05) is 4.47 Å². The quantitative estimate of drug-likeness (QED) is 0.947. The number of aromatic nitrogens is 2. The molecule has 0 saturated carbocycles. The highest BCUT2D eigenvalue weighted by atomic mass is 79.9. The van der Waals surface area contributed by atoms with Gasteiger partial charge in [0.1, 0.15) is 6.23 Å². The Labute approximate surface area is 114 Å². The van der Waals surface area contributed by atoms with E-state index >= 15 is 0 Å². The molecule has 1 saturated heterocycles. The molecule has 2 heterocycles. The fourth-order valence-electron chi connectivity index (χ4n) is 2.02. The van der Waals surface area contributed by atoms with Gasteiger partial charge in [-0.2, -0.15) is 5.10 Å². The molecule has 1 aromatic carbocycles. The lowest BCUT2D eigenvalue weighted by atomic mass is 10.3. The summed E-state index contributed by atoms with van der Waals surface area (Å²) >= 11 is 3.42. The van der Waals surface area contributed by atoms with Gasteiger partial charge in [0.2, 0.25) is 0 Å². The van der Waals surface area contributed by atoms with Crippen molar-refractivity contribution >= 4 is 15.9 Å².